The Bertz CT molecular complexity index is 752. The lowest BCUT2D eigenvalue weighted by Gasteiger charge is -2.12. The first kappa shape index (κ1) is 15.7. The molecule has 4 heteroatoms. The number of hydrogen-bond acceptors (Lipinski definition) is 4. The molecule has 0 aliphatic carbocycles. The summed E-state index contributed by atoms with van der Waals surface area (Å²) < 4.78 is 10.6. The quantitative estimate of drug-likeness (QED) is 0.749. The minimum Gasteiger partial charge on any atom is -0.497 e. The van der Waals surface area contributed by atoms with Gasteiger partial charge in [-0.25, -0.2) is 0 Å². The van der Waals surface area contributed by atoms with Crippen LogP contribution >= 0.6 is 11.8 Å². The number of rotatable bonds is 5. The van der Waals surface area contributed by atoms with Crippen LogP contribution in [0.2, 0.25) is 0 Å². The minimum absolute atomic E-state index is 0.0258. The molecule has 0 aromatic heterocycles. The normalized spacial score (nSPS) is 16.8. The van der Waals surface area contributed by atoms with Crippen molar-refractivity contribution in [2.75, 3.05) is 14.2 Å². The molecule has 2 aromatic carbocycles. The van der Waals surface area contributed by atoms with E-state index in [0.29, 0.717) is 11.3 Å². The number of carbonyl (C=O) groups excluding carboxylic acids is 1. The van der Waals surface area contributed by atoms with Gasteiger partial charge in [-0.05, 0) is 36.2 Å². The minimum atomic E-state index is 0.0258. The van der Waals surface area contributed by atoms with Crippen LogP contribution in [0.15, 0.2) is 59.5 Å². The lowest BCUT2D eigenvalue weighted by molar-refractivity contribution is 0.104. The lowest BCUT2D eigenvalue weighted by Crippen LogP contribution is -2.02. The summed E-state index contributed by atoms with van der Waals surface area (Å²) in [5.74, 6) is 1.48. The summed E-state index contributed by atoms with van der Waals surface area (Å²) in [7, 11) is 3.25. The number of methoxy groups -OCH3 is 2. The highest BCUT2D eigenvalue weighted by Crippen LogP contribution is 2.45. The summed E-state index contributed by atoms with van der Waals surface area (Å²) in [5, 5.41) is 0.249. The van der Waals surface area contributed by atoms with Gasteiger partial charge in [0.2, 0.25) is 5.78 Å². The van der Waals surface area contributed by atoms with Crippen LogP contribution in [0.3, 0.4) is 0 Å². The molecule has 0 amide bonds. The van der Waals surface area contributed by atoms with Crippen LogP contribution in [0.25, 0.3) is 0 Å². The van der Waals surface area contributed by atoms with Gasteiger partial charge in [-0.1, -0.05) is 30.3 Å². The second-order valence-electron chi connectivity index (χ2n) is 5.22. The van der Waals surface area contributed by atoms with Crippen molar-refractivity contribution >= 4 is 17.5 Å². The van der Waals surface area contributed by atoms with Gasteiger partial charge in [0.1, 0.15) is 11.5 Å². The highest BCUT2D eigenvalue weighted by Gasteiger charge is 2.26. The highest BCUT2D eigenvalue weighted by atomic mass is 32.2. The average Bonchev–Trinajstić information content (AvgIpc) is 3.11. The molecule has 0 radical (unpaired) electrons. The number of ketones is 1. The maximum absolute atomic E-state index is 12.7. The van der Waals surface area contributed by atoms with Crippen molar-refractivity contribution in [1.29, 1.82) is 0 Å². The number of para-hydroxylation sites is 1. The molecule has 3 nitrogen and oxygen atoms in total. The molecule has 1 unspecified atom stereocenters. The summed E-state index contributed by atoms with van der Waals surface area (Å²) in [4.78, 5) is 13.5. The van der Waals surface area contributed by atoms with Gasteiger partial charge in [-0.3, -0.25) is 4.79 Å². The summed E-state index contributed by atoms with van der Waals surface area (Å²) in [6.45, 7) is 0. The first-order valence-corrected chi connectivity index (χ1v) is 8.29. The Morgan fingerprint density at radius 3 is 2.70 bits per heavy atom. The molecule has 3 rings (SSSR count). The average molecular weight is 326 g/mol. The van der Waals surface area contributed by atoms with E-state index < -0.39 is 0 Å². The van der Waals surface area contributed by atoms with E-state index in [1.807, 2.05) is 42.5 Å². The van der Waals surface area contributed by atoms with Gasteiger partial charge in [0.05, 0.1) is 24.7 Å². The Kier molecular flexibility index (Phi) is 4.72. The van der Waals surface area contributed by atoms with Crippen molar-refractivity contribution in [3.8, 4) is 11.5 Å². The SMILES string of the molecule is COc1cccc(C2CC=C(C(=O)c3ccccc3OC)S2)c1. The third kappa shape index (κ3) is 3.27. The molecule has 0 bridgehead atoms. The largest absolute Gasteiger partial charge is 0.497 e. The van der Waals surface area contributed by atoms with Crippen LogP contribution in [-0.4, -0.2) is 20.0 Å². The Hall–Kier alpha value is -2.20. The summed E-state index contributed by atoms with van der Waals surface area (Å²) in [6.07, 6.45) is 2.86. The number of benzene rings is 2. The van der Waals surface area contributed by atoms with E-state index in [9.17, 15) is 4.79 Å². The van der Waals surface area contributed by atoms with Crippen molar-refractivity contribution in [2.24, 2.45) is 0 Å². The van der Waals surface area contributed by atoms with E-state index >= 15 is 0 Å². The zero-order chi connectivity index (χ0) is 16.2. The molecule has 0 spiro atoms. The molecule has 0 fully saturated rings. The summed E-state index contributed by atoms with van der Waals surface area (Å²) in [6, 6.07) is 15.4. The molecule has 2 aromatic rings. The Labute approximate surface area is 140 Å². The molecule has 0 N–H and O–H groups in total. The number of Topliss-reactive ketones (excluding diaryl/α,β-unsaturated/α-hetero) is 1. The molecule has 1 heterocycles. The van der Waals surface area contributed by atoms with Gasteiger partial charge in [0.25, 0.3) is 0 Å². The summed E-state index contributed by atoms with van der Waals surface area (Å²) in [5.41, 5.74) is 1.79. The molecule has 1 atom stereocenters. The number of hydrogen-bond donors (Lipinski definition) is 0. The zero-order valence-electron chi connectivity index (χ0n) is 13.1. The van der Waals surface area contributed by atoms with E-state index in [2.05, 4.69) is 6.07 Å². The molecule has 1 aliphatic heterocycles. The number of ether oxygens (including phenoxy) is 2. The molecular formula is C19H18O3S. The van der Waals surface area contributed by atoms with Gasteiger partial charge in [0.15, 0.2) is 0 Å². The fourth-order valence-electron chi connectivity index (χ4n) is 2.62. The molecular weight excluding hydrogens is 308 g/mol. The Balaban J connectivity index is 1.77. The summed E-state index contributed by atoms with van der Waals surface area (Å²) >= 11 is 1.61. The molecule has 1 aliphatic rings. The van der Waals surface area contributed by atoms with Crippen molar-refractivity contribution in [3.05, 3.63) is 70.6 Å². The second-order valence-corrected chi connectivity index (χ2v) is 6.46. The smallest absolute Gasteiger partial charge is 0.202 e. The Morgan fingerprint density at radius 1 is 1.09 bits per heavy atom. The predicted octanol–water partition coefficient (Wildman–Crippen LogP) is 4.65. The molecule has 0 saturated heterocycles. The fourth-order valence-corrected chi connectivity index (χ4v) is 3.81. The van der Waals surface area contributed by atoms with Gasteiger partial charge < -0.3 is 9.47 Å². The van der Waals surface area contributed by atoms with Crippen molar-refractivity contribution in [2.45, 2.75) is 11.7 Å². The standard InChI is InChI=1S/C19H18O3S/c1-21-14-7-5-6-13(12-14)17-10-11-18(23-17)19(20)15-8-3-4-9-16(15)22-2/h3-9,11-12,17H,10H2,1-2H3. The van der Waals surface area contributed by atoms with E-state index in [1.165, 1.54) is 5.56 Å². The van der Waals surface area contributed by atoms with Gasteiger partial charge in [0, 0.05) is 5.25 Å². The molecule has 0 saturated carbocycles. The molecule has 118 valence electrons. The van der Waals surface area contributed by atoms with Crippen molar-refractivity contribution in [1.82, 2.24) is 0 Å². The predicted molar refractivity (Wildman–Crippen MR) is 93.4 cm³/mol. The first-order chi connectivity index (χ1) is 11.2. The topological polar surface area (TPSA) is 35.5 Å². The first-order valence-electron chi connectivity index (χ1n) is 7.41. The second kappa shape index (κ2) is 6.92. The van der Waals surface area contributed by atoms with E-state index in [1.54, 1.807) is 32.0 Å². The van der Waals surface area contributed by atoms with Gasteiger partial charge >= 0.3 is 0 Å². The highest BCUT2D eigenvalue weighted by molar-refractivity contribution is 8.04. The van der Waals surface area contributed by atoms with E-state index in [4.69, 9.17) is 9.47 Å². The lowest BCUT2D eigenvalue weighted by atomic mass is 10.1. The fraction of sp³-hybridized carbons (Fsp3) is 0.211. The van der Waals surface area contributed by atoms with Crippen LogP contribution in [0.5, 0.6) is 11.5 Å². The van der Waals surface area contributed by atoms with Gasteiger partial charge in [-0.15, -0.1) is 11.8 Å². The van der Waals surface area contributed by atoms with Crippen molar-refractivity contribution < 1.29 is 14.3 Å². The number of thioether (sulfide) groups is 1. The van der Waals surface area contributed by atoms with Crippen molar-refractivity contribution in [3.63, 3.8) is 0 Å². The van der Waals surface area contributed by atoms with Gasteiger partial charge in [-0.2, -0.15) is 0 Å². The van der Waals surface area contributed by atoms with Crippen LogP contribution in [-0.2, 0) is 0 Å². The number of allylic oxidation sites excluding steroid dienone is 2. The Morgan fingerprint density at radius 2 is 1.91 bits per heavy atom. The van der Waals surface area contributed by atoms with E-state index in [-0.39, 0.29) is 11.0 Å². The maximum Gasteiger partial charge on any atom is 0.202 e. The zero-order valence-corrected chi connectivity index (χ0v) is 13.9. The van der Waals surface area contributed by atoms with Crippen LogP contribution in [0, 0.1) is 0 Å². The van der Waals surface area contributed by atoms with Crippen LogP contribution < -0.4 is 9.47 Å². The van der Waals surface area contributed by atoms with E-state index in [0.717, 1.165) is 17.1 Å². The third-order valence-corrected chi connectivity index (χ3v) is 5.18. The third-order valence-electron chi connectivity index (χ3n) is 3.83. The van der Waals surface area contributed by atoms with Crippen LogP contribution in [0.4, 0.5) is 0 Å². The maximum atomic E-state index is 12.7. The number of carbonyl (C=O) groups is 1. The molecule has 23 heavy (non-hydrogen) atoms. The monoisotopic (exact) mass is 326 g/mol. The van der Waals surface area contributed by atoms with Crippen LogP contribution in [0.1, 0.15) is 27.6 Å².